The number of aryl methyl sites for hydroxylation is 1. The Morgan fingerprint density at radius 2 is 1.91 bits per heavy atom. The highest BCUT2D eigenvalue weighted by atomic mass is 32.2. The van der Waals surface area contributed by atoms with Gasteiger partial charge in [-0.3, -0.25) is 9.69 Å². The maximum absolute atomic E-state index is 13.2. The van der Waals surface area contributed by atoms with Crippen molar-refractivity contribution in [2.24, 2.45) is 0 Å². The van der Waals surface area contributed by atoms with Crippen molar-refractivity contribution >= 4 is 46.0 Å². The van der Waals surface area contributed by atoms with Gasteiger partial charge >= 0.3 is 0 Å². The molecule has 5 rings (SSSR count). The van der Waals surface area contributed by atoms with Crippen LogP contribution in [0.5, 0.6) is 23.0 Å². The van der Waals surface area contributed by atoms with Crippen LogP contribution in [0.15, 0.2) is 65.6 Å². The van der Waals surface area contributed by atoms with Gasteiger partial charge in [-0.1, -0.05) is 59.9 Å². The lowest BCUT2D eigenvalue weighted by Crippen LogP contribution is -2.27. The lowest BCUT2D eigenvalue weighted by Gasteiger charge is -2.14. The number of ether oxygens (including phenoxy) is 4. The molecular weight excluding hydrogens is 470 g/mol. The van der Waals surface area contributed by atoms with Crippen molar-refractivity contribution in [2.45, 2.75) is 13.5 Å². The van der Waals surface area contributed by atoms with Gasteiger partial charge in [0.2, 0.25) is 6.79 Å². The highest BCUT2D eigenvalue weighted by Crippen LogP contribution is 2.41. The minimum absolute atomic E-state index is 0.170. The Morgan fingerprint density at radius 3 is 2.74 bits per heavy atom. The standard InChI is InChI=1S/C26H21NO5S2/c1-16-4-3-5-18(10-16)14-30-20-8-6-17(11-22(20)29-2)12-24-25(28)27(26(33)34-24)19-7-9-21-23(13-19)32-15-31-21/h3-13H,14-15H2,1-2H3. The van der Waals surface area contributed by atoms with E-state index in [4.69, 9.17) is 31.2 Å². The molecule has 1 fully saturated rings. The summed E-state index contributed by atoms with van der Waals surface area (Å²) >= 11 is 6.75. The molecule has 2 aliphatic heterocycles. The molecule has 172 valence electrons. The van der Waals surface area contributed by atoms with Gasteiger partial charge in [0.15, 0.2) is 27.3 Å². The van der Waals surface area contributed by atoms with Gasteiger partial charge in [0.25, 0.3) is 5.91 Å². The number of thiocarbonyl (C=S) groups is 1. The number of amides is 1. The largest absolute Gasteiger partial charge is 0.493 e. The SMILES string of the molecule is COc1cc(C=C2SC(=S)N(c3ccc4c(c3)OCO4)C2=O)ccc1OCc1cccc(C)c1. The maximum atomic E-state index is 13.2. The average molecular weight is 492 g/mol. The van der Waals surface area contributed by atoms with Gasteiger partial charge in [-0.2, -0.15) is 0 Å². The van der Waals surface area contributed by atoms with E-state index in [1.807, 2.05) is 43.3 Å². The molecular formula is C26H21NO5S2. The molecule has 0 bridgehead atoms. The van der Waals surface area contributed by atoms with Gasteiger partial charge in [0.05, 0.1) is 17.7 Å². The molecule has 3 aromatic carbocycles. The van der Waals surface area contributed by atoms with E-state index in [1.54, 1.807) is 31.4 Å². The zero-order valence-electron chi connectivity index (χ0n) is 18.6. The number of thioether (sulfide) groups is 1. The first-order chi connectivity index (χ1) is 16.5. The summed E-state index contributed by atoms with van der Waals surface area (Å²) in [7, 11) is 1.59. The second kappa shape index (κ2) is 9.40. The van der Waals surface area contributed by atoms with Gasteiger partial charge in [0, 0.05) is 6.07 Å². The Kier molecular flexibility index (Phi) is 6.17. The molecule has 0 N–H and O–H groups in total. The number of nitrogens with zero attached hydrogens (tertiary/aromatic N) is 1. The van der Waals surface area contributed by atoms with Crippen molar-refractivity contribution in [3.8, 4) is 23.0 Å². The smallest absolute Gasteiger partial charge is 0.270 e. The first kappa shape index (κ1) is 22.3. The molecule has 3 aromatic rings. The average Bonchev–Trinajstić information content (AvgIpc) is 3.41. The van der Waals surface area contributed by atoms with Crippen LogP contribution in [-0.4, -0.2) is 24.1 Å². The van der Waals surface area contributed by atoms with E-state index in [1.165, 1.54) is 22.2 Å². The van der Waals surface area contributed by atoms with E-state index in [9.17, 15) is 4.79 Å². The van der Waals surface area contributed by atoms with E-state index in [0.717, 1.165) is 11.1 Å². The number of rotatable bonds is 6. The summed E-state index contributed by atoms with van der Waals surface area (Å²) in [4.78, 5) is 15.2. The first-order valence-corrected chi connectivity index (χ1v) is 11.8. The van der Waals surface area contributed by atoms with Crippen LogP contribution in [0, 0.1) is 6.92 Å². The predicted octanol–water partition coefficient (Wildman–Crippen LogP) is 5.72. The second-order valence-electron chi connectivity index (χ2n) is 7.74. The summed E-state index contributed by atoms with van der Waals surface area (Å²) in [6.45, 7) is 2.66. The molecule has 0 aliphatic carbocycles. The van der Waals surface area contributed by atoms with Gasteiger partial charge < -0.3 is 18.9 Å². The molecule has 0 saturated carbocycles. The number of carbonyl (C=O) groups is 1. The van der Waals surface area contributed by atoms with Crippen molar-refractivity contribution in [2.75, 3.05) is 18.8 Å². The third kappa shape index (κ3) is 4.47. The molecule has 0 aromatic heterocycles. The van der Waals surface area contributed by atoms with Gasteiger partial charge in [-0.15, -0.1) is 0 Å². The van der Waals surface area contributed by atoms with Crippen molar-refractivity contribution in [3.05, 3.63) is 82.3 Å². The Labute approximate surface area is 207 Å². The molecule has 1 saturated heterocycles. The fraction of sp³-hybridized carbons (Fsp3) is 0.154. The molecule has 0 radical (unpaired) electrons. The summed E-state index contributed by atoms with van der Waals surface area (Å²) in [5, 5.41) is 0. The monoisotopic (exact) mass is 491 g/mol. The molecule has 2 aliphatic rings. The number of fused-ring (bicyclic) bond motifs is 1. The number of carbonyl (C=O) groups excluding carboxylic acids is 1. The zero-order valence-corrected chi connectivity index (χ0v) is 20.2. The topological polar surface area (TPSA) is 57.2 Å². The van der Waals surface area contributed by atoms with Crippen molar-refractivity contribution in [1.29, 1.82) is 0 Å². The predicted molar refractivity (Wildman–Crippen MR) is 137 cm³/mol. The van der Waals surface area contributed by atoms with E-state index in [0.29, 0.717) is 44.5 Å². The first-order valence-electron chi connectivity index (χ1n) is 10.6. The van der Waals surface area contributed by atoms with E-state index in [2.05, 4.69) is 6.07 Å². The summed E-state index contributed by atoms with van der Waals surface area (Å²) < 4.78 is 22.8. The summed E-state index contributed by atoms with van der Waals surface area (Å²) in [5.74, 6) is 2.29. The molecule has 1 amide bonds. The van der Waals surface area contributed by atoms with Gasteiger partial charge in [0.1, 0.15) is 6.61 Å². The van der Waals surface area contributed by atoms with Crippen LogP contribution in [0.25, 0.3) is 6.08 Å². The lowest BCUT2D eigenvalue weighted by atomic mass is 10.1. The highest BCUT2D eigenvalue weighted by Gasteiger charge is 2.34. The maximum Gasteiger partial charge on any atom is 0.270 e. The zero-order chi connectivity index (χ0) is 23.7. The molecule has 0 atom stereocenters. The summed E-state index contributed by atoms with van der Waals surface area (Å²) in [5.41, 5.74) is 3.72. The third-order valence-corrected chi connectivity index (χ3v) is 6.67. The Balaban J connectivity index is 1.34. The minimum Gasteiger partial charge on any atom is -0.493 e. The number of anilines is 1. The summed E-state index contributed by atoms with van der Waals surface area (Å²) in [6, 6.07) is 19.1. The number of benzene rings is 3. The fourth-order valence-electron chi connectivity index (χ4n) is 3.72. The van der Waals surface area contributed by atoms with Crippen molar-refractivity contribution in [3.63, 3.8) is 0 Å². The van der Waals surface area contributed by atoms with E-state index in [-0.39, 0.29) is 12.7 Å². The number of hydrogen-bond acceptors (Lipinski definition) is 7. The molecule has 2 heterocycles. The summed E-state index contributed by atoms with van der Waals surface area (Å²) in [6.07, 6.45) is 1.80. The van der Waals surface area contributed by atoms with Gasteiger partial charge in [-0.25, -0.2) is 0 Å². The quantitative estimate of drug-likeness (QED) is 0.323. The normalized spacial score (nSPS) is 15.8. The number of methoxy groups -OCH3 is 1. The minimum atomic E-state index is -0.187. The van der Waals surface area contributed by atoms with E-state index < -0.39 is 0 Å². The molecule has 34 heavy (non-hydrogen) atoms. The number of hydrogen-bond donors (Lipinski definition) is 0. The molecule has 0 spiro atoms. The van der Waals surface area contributed by atoms with Crippen LogP contribution in [0.4, 0.5) is 5.69 Å². The van der Waals surface area contributed by atoms with Crippen LogP contribution in [0.2, 0.25) is 0 Å². The fourth-order valence-corrected chi connectivity index (χ4v) is 5.02. The van der Waals surface area contributed by atoms with Crippen molar-refractivity contribution in [1.82, 2.24) is 0 Å². The molecule has 0 unspecified atom stereocenters. The Morgan fingerprint density at radius 1 is 1.06 bits per heavy atom. The van der Waals surface area contributed by atoms with Crippen LogP contribution >= 0.6 is 24.0 Å². The van der Waals surface area contributed by atoms with Crippen LogP contribution in [0.3, 0.4) is 0 Å². The van der Waals surface area contributed by atoms with Crippen LogP contribution < -0.4 is 23.8 Å². The third-order valence-electron chi connectivity index (χ3n) is 5.37. The molecule has 8 heteroatoms. The molecule has 6 nitrogen and oxygen atoms in total. The van der Waals surface area contributed by atoms with Crippen LogP contribution in [-0.2, 0) is 11.4 Å². The van der Waals surface area contributed by atoms with Crippen molar-refractivity contribution < 1.29 is 23.7 Å². The van der Waals surface area contributed by atoms with E-state index >= 15 is 0 Å². The van der Waals surface area contributed by atoms with Gasteiger partial charge in [-0.05, 0) is 48.4 Å². The lowest BCUT2D eigenvalue weighted by molar-refractivity contribution is -0.113. The second-order valence-corrected chi connectivity index (χ2v) is 9.42. The highest BCUT2D eigenvalue weighted by molar-refractivity contribution is 8.27. The Hall–Kier alpha value is -3.49. The van der Waals surface area contributed by atoms with Crippen LogP contribution in [0.1, 0.15) is 16.7 Å². The Bertz CT molecular complexity index is 1320.